The third kappa shape index (κ3) is 3.47. The highest BCUT2D eigenvalue weighted by atomic mass is 15.1. The molecule has 1 aliphatic heterocycles. The molecule has 124 valence electrons. The first kappa shape index (κ1) is 15.3. The number of benzene rings is 1. The van der Waals surface area contributed by atoms with Crippen LogP contribution in [-0.4, -0.2) is 39.2 Å². The van der Waals surface area contributed by atoms with Crippen molar-refractivity contribution in [2.75, 3.05) is 13.1 Å². The number of aromatic amines is 1. The van der Waals surface area contributed by atoms with E-state index in [-0.39, 0.29) is 0 Å². The van der Waals surface area contributed by atoms with Gasteiger partial charge in [-0.05, 0) is 36.6 Å². The van der Waals surface area contributed by atoms with E-state index in [2.05, 4.69) is 55.7 Å². The van der Waals surface area contributed by atoms with E-state index < -0.39 is 0 Å². The Hall–Kier alpha value is -2.24. The van der Waals surface area contributed by atoms with Gasteiger partial charge in [-0.2, -0.15) is 5.10 Å². The van der Waals surface area contributed by atoms with Crippen LogP contribution in [0.3, 0.4) is 0 Å². The van der Waals surface area contributed by atoms with E-state index >= 15 is 0 Å². The van der Waals surface area contributed by atoms with Gasteiger partial charge in [0, 0.05) is 43.8 Å². The predicted molar refractivity (Wildman–Crippen MR) is 95.5 cm³/mol. The van der Waals surface area contributed by atoms with Gasteiger partial charge in [0.05, 0.1) is 17.4 Å². The molecule has 1 aliphatic rings. The number of piperidine rings is 1. The Labute approximate surface area is 142 Å². The fourth-order valence-electron chi connectivity index (χ4n) is 3.45. The normalized spacial score (nSPS) is 16.7. The second kappa shape index (κ2) is 7.11. The van der Waals surface area contributed by atoms with Crippen molar-refractivity contribution in [3.63, 3.8) is 0 Å². The van der Waals surface area contributed by atoms with Crippen molar-refractivity contribution in [3.8, 4) is 0 Å². The van der Waals surface area contributed by atoms with Crippen molar-refractivity contribution in [2.24, 2.45) is 0 Å². The molecule has 5 heteroatoms. The van der Waals surface area contributed by atoms with Crippen LogP contribution in [0.5, 0.6) is 0 Å². The summed E-state index contributed by atoms with van der Waals surface area (Å²) in [5.41, 5.74) is 3.59. The SMILES string of the molecule is c1ccc(CN2CCC(NCc3cccc4[nH]ncc34)CC2)nc1. The Morgan fingerprint density at radius 1 is 1.12 bits per heavy atom. The number of hydrogen-bond donors (Lipinski definition) is 2. The standard InChI is InChI=1S/C19H23N5/c1-2-9-20-17(5-1)14-24-10-7-16(8-11-24)21-12-15-4-3-6-19-18(15)13-22-23-19/h1-6,9,13,16,21H,7-8,10-12,14H2,(H,22,23). The molecule has 1 aromatic carbocycles. The van der Waals surface area contributed by atoms with Crippen LogP contribution in [0.25, 0.3) is 10.9 Å². The second-order valence-electron chi connectivity index (χ2n) is 6.50. The molecule has 24 heavy (non-hydrogen) atoms. The minimum atomic E-state index is 0.590. The van der Waals surface area contributed by atoms with Gasteiger partial charge >= 0.3 is 0 Å². The van der Waals surface area contributed by atoms with Crippen LogP contribution >= 0.6 is 0 Å². The fourth-order valence-corrected chi connectivity index (χ4v) is 3.45. The van der Waals surface area contributed by atoms with Gasteiger partial charge in [0.2, 0.25) is 0 Å². The maximum Gasteiger partial charge on any atom is 0.0653 e. The first-order valence-electron chi connectivity index (χ1n) is 8.65. The summed E-state index contributed by atoms with van der Waals surface area (Å²) in [5, 5.41) is 12.1. The summed E-state index contributed by atoms with van der Waals surface area (Å²) in [4.78, 5) is 6.92. The van der Waals surface area contributed by atoms with Crippen molar-refractivity contribution in [1.29, 1.82) is 0 Å². The van der Waals surface area contributed by atoms with Gasteiger partial charge in [-0.15, -0.1) is 0 Å². The summed E-state index contributed by atoms with van der Waals surface area (Å²) < 4.78 is 0. The van der Waals surface area contributed by atoms with Crippen LogP contribution in [0, 0.1) is 0 Å². The van der Waals surface area contributed by atoms with Gasteiger partial charge in [-0.1, -0.05) is 18.2 Å². The Morgan fingerprint density at radius 3 is 2.88 bits per heavy atom. The maximum atomic E-state index is 4.43. The number of aromatic nitrogens is 3. The highest BCUT2D eigenvalue weighted by molar-refractivity contribution is 5.81. The summed E-state index contributed by atoms with van der Waals surface area (Å²) in [6.45, 7) is 4.12. The molecule has 1 fully saturated rings. The number of fused-ring (bicyclic) bond motifs is 1. The molecule has 0 amide bonds. The molecule has 0 saturated carbocycles. The molecule has 2 aromatic heterocycles. The van der Waals surface area contributed by atoms with E-state index in [4.69, 9.17) is 0 Å². The zero-order valence-corrected chi connectivity index (χ0v) is 13.8. The molecule has 0 aliphatic carbocycles. The molecular formula is C19H23N5. The summed E-state index contributed by atoms with van der Waals surface area (Å²) in [5.74, 6) is 0. The second-order valence-corrected chi connectivity index (χ2v) is 6.50. The molecule has 0 bridgehead atoms. The maximum absolute atomic E-state index is 4.43. The number of pyridine rings is 1. The molecule has 3 aromatic rings. The number of nitrogens with one attached hydrogen (secondary N) is 2. The Bertz CT molecular complexity index is 775. The lowest BCUT2D eigenvalue weighted by Gasteiger charge is -2.32. The molecule has 4 rings (SSSR count). The Morgan fingerprint density at radius 2 is 2.04 bits per heavy atom. The lowest BCUT2D eigenvalue weighted by Crippen LogP contribution is -2.42. The van der Waals surface area contributed by atoms with Crippen LogP contribution in [-0.2, 0) is 13.1 Å². The van der Waals surface area contributed by atoms with E-state index in [0.29, 0.717) is 6.04 Å². The molecule has 0 spiro atoms. The summed E-state index contributed by atoms with van der Waals surface area (Å²) in [6.07, 6.45) is 6.17. The zero-order chi connectivity index (χ0) is 16.2. The van der Waals surface area contributed by atoms with Crippen LogP contribution in [0.15, 0.2) is 48.8 Å². The van der Waals surface area contributed by atoms with Crippen LogP contribution < -0.4 is 5.32 Å². The third-order valence-corrected chi connectivity index (χ3v) is 4.86. The smallest absolute Gasteiger partial charge is 0.0653 e. The summed E-state index contributed by atoms with van der Waals surface area (Å²) in [7, 11) is 0. The van der Waals surface area contributed by atoms with Gasteiger partial charge in [-0.25, -0.2) is 0 Å². The van der Waals surface area contributed by atoms with Gasteiger partial charge in [0.1, 0.15) is 0 Å². The molecule has 1 saturated heterocycles. The van der Waals surface area contributed by atoms with Crippen LogP contribution in [0.1, 0.15) is 24.1 Å². The highest BCUT2D eigenvalue weighted by Gasteiger charge is 2.19. The van der Waals surface area contributed by atoms with Gasteiger partial charge in [0.15, 0.2) is 0 Å². The van der Waals surface area contributed by atoms with Crippen molar-refractivity contribution in [1.82, 2.24) is 25.4 Å². The molecule has 0 atom stereocenters. The average Bonchev–Trinajstić information content (AvgIpc) is 3.11. The van der Waals surface area contributed by atoms with Crippen molar-refractivity contribution >= 4 is 10.9 Å². The predicted octanol–water partition coefficient (Wildman–Crippen LogP) is 2.71. The number of H-pyrrole nitrogens is 1. The Kier molecular flexibility index (Phi) is 4.53. The van der Waals surface area contributed by atoms with Crippen molar-refractivity contribution in [2.45, 2.75) is 32.0 Å². The summed E-state index contributed by atoms with van der Waals surface area (Å²) in [6, 6.07) is 13.1. The van der Waals surface area contributed by atoms with E-state index in [0.717, 1.165) is 37.4 Å². The number of likely N-dealkylation sites (tertiary alicyclic amines) is 1. The first-order chi connectivity index (χ1) is 11.9. The fraction of sp³-hybridized carbons (Fsp3) is 0.368. The number of nitrogens with zero attached hydrogens (tertiary/aromatic N) is 3. The molecule has 0 radical (unpaired) electrons. The number of hydrogen-bond acceptors (Lipinski definition) is 4. The molecule has 5 nitrogen and oxygen atoms in total. The molecule has 0 unspecified atom stereocenters. The Balaban J connectivity index is 1.28. The minimum Gasteiger partial charge on any atom is -0.310 e. The van der Waals surface area contributed by atoms with Gasteiger partial charge < -0.3 is 5.32 Å². The quantitative estimate of drug-likeness (QED) is 0.759. The first-order valence-corrected chi connectivity index (χ1v) is 8.65. The van der Waals surface area contributed by atoms with Crippen LogP contribution in [0.2, 0.25) is 0 Å². The van der Waals surface area contributed by atoms with E-state index in [1.807, 2.05) is 18.5 Å². The van der Waals surface area contributed by atoms with E-state index in [1.165, 1.54) is 23.8 Å². The minimum absolute atomic E-state index is 0.590. The zero-order valence-electron chi connectivity index (χ0n) is 13.8. The lowest BCUT2D eigenvalue weighted by atomic mass is 10.0. The molecule has 2 N–H and O–H groups in total. The van der Waals surface area contributed by atoms with Crippen molar-refractivity contribution in [3.05, 3.63) is 60.0 Å². The lowest BCUT2D eigenvalue weighted by molar-refractivity contribution is 0.188. The van der Waals surface area contributed by atoms with Crippen LogP contribution in [0.4, 0.5) is 0 Å². The monoisotopic (exact) mass is 321 g/mol. The van der Waals surface area contributed by atoms with Gasteiger partial charge in [0.25, 0.3) is 0 Å². The van der Waals surface area contributed by atoms with E-state index in [1.54, 1.807) is 0 Å². The summed E-state index contributed by atoms with van der Waals surface area (Å²) >= 11 is 0. The van der Waals surface area contributed by atoms with Crippen molar-refractivity contribution < 1.29 is 0 Å². The third-order valence-electron chi connectivity index (χ3n) is 4.86. The largest absolute Gasteiger partial charge is 0.310 e. The highest BCUT2D eigenvalue weighted by Crippen LogP contribution is 2.18. The topological polar surface area (TPSA) is 56.8 Å². The molecular weight excluding hydrogens is 298 g/mol. The number of rotatable bonds is 5. The van der Waals surface area contributed by atoms with E-state index in [9.17, 15) is 0 Å². The van der Waals surface area contributed by atoms with Gasteiger partial charge in [-0.3, -0.25) is 15.0 Å². The molecule has 3 heterocycles. The average molecular weight is 321 g/mol.